The van der Waals surface area contributed by atoms with Crippen LogP contribution in [-0.4, -0.2) is 58.0 Å². The van der Waals surface area contributed by atoms with Gasteiger partial charge >= 0.3 is 0 Å². The number of rotatable bonds is 17. The SMILES string of the molecule is CCCCCNS(=O)(=O)c1ccc2cc(S(=O)(=O)NCCCCCC(=O)N3CCCC3c3cncc(C(=O)c4ccc(F)cc4)c3)ccc2c1. The van der Waals surface area contributed by atoms with E-state index in [0.29, 0.717) is 60.7 Å². The summed E-state index contributed by atoms with van der Waals surface area (Å²) in [6.07, 6.45) is 9.55. The van der Waals surface area contributed by atoms with Crippen LogP contribution in [0.25, 0.3) is 10.8 Å². The van der Waals surface area contributed by atoms with Crippen molar-refractivity contribution in [3.8, 4) is 0 Å². The Morgan fingerprint density at radius 2 is 1.40 bits per heavy atom. The molecule has 0 saturated carbocycles. The lowest BCUT2D eigenvalue weighted by atomic mass is 10.00. The fourth-order valence-electron chi connectivity index (χ4n) is 6.16. The van der Waals surface area contributed by atoms with E-state index in [2.05, 4.69) is 14.4 Å². The van der Waals surface area contributed by atoms with E-state index in [9.17, 15) is 30.8 Å². The largest absolute Gasteiger partial charge is 0.336 e. The zero-order valence-electron chi connectivity index (χ0n) is 28.1. The van der Waals surface area contributed by atoms with Gasteiger partial charge in [-0.15, -0.1) is 0 Å². The number of carbonyl (C=O) groups excluding carboxylic acids is 2. The molecule has 1 fully saturated rings. The van der Waals surface area contributed by atoms with Crippen molar-refractivity contribution in [2.75, 3.05) is 19.6 Å². The summed E-state index contributed by atoms with van der Waals surface area (Å²) < 4.78 is 69.9. The maximum absolute atomic E-state index is 13.3. The van der Waals surface area contributed by atoms with Crippen molar-refractivity contribution in [2.45, 2.75) is 80.5 Å². The first kappa shape index (κ1) is 37.2. The number of hydrogen-bond acceptors (Lipinski definition) is 7. The van der Waals surface area contributed by atoms with Crippen LogP contribution in [0.15, 0.2) is 88.9 Å². The normalized spacial score (nSPS) is 15.1. The summed E-state index contributed by atoms with van der Waals surface area (Å²) in [6.45, 7) is 3.23. The quantitative estimate of drug-likeness (QED) is 0.0966. The van der Waals surface area contributed by atoms with Crippen LogP contribution in [0, 0.1) is 5.82 Å². The highest BCUT2D eigenvalue weighted by atomic mass is 32.2. The molecule has 0 bridgehead atoms. The molecule has 5 rings (SSSR count). The molecule has 0 aliphatic carbocycles. The van der Waals surface area contributed by atoms with E-state index in [1.807, 2.05) is 11.8 Å². The lowest BCUT2D eigenvalue weighted by molar-refractivity contribution is -0.132. The topological polar surface area (TPSA) is 143 Å². The predicted molar refractivity (Wildman–Crippen MR) is 190 cm³/mol. The summed E-state index contributed by atoms with van der Waals surface area (Å²) in [6, 6.07) is 16.1. The van der Waals surface area contributed by atoms with E-state index in [0.717, 1.165) is 37.7 Å². The number of nitrogens with one attached hydrogen (secondary N) is 2. The zero-order valence-corrected chi connectivity index (χ0v) is 29.7. The van der Waals surface area contributed by atoms with Crippen LogP contribution >= 0.6 is 0 Å². The predicted octanol–water partition coefficient (Wildman–Crippen LogP) is 6.28. The number of carbonyl (C=O) groups is 2. The number of fused-ring (bicyclic) bond motifs is 1. The Labute approximate surface area is 293 Å². The Kier molecular flexibility index (Phi) is 12.5. The van der Waals surface area contributed by atoms with Gasteiger partial charge in [0.1, 0.15) is 5.82 Å². The molecule has 2 N–H and O–H groups in total. The van der Waals surface area contributed by atoms with Crippen LogP contribution in [0.2, 0.25) is 0 Å². The van der Waals surface area contributed by atoms with Crippen LogP contribution in [0.3, 0.4) is 0 Å². The molecule has 1 aliphatic heterocycles. The van der Waals surface area contributed by atoms with Crippen LogP contribution in [0.5, 0.6) is 0 Å². The van der Waals surface area contributed by atoms with Gasteiger partial charge in [-0.2, -0.15) is 0 Å². The molecule has 1 amide bonds. The summed E-state index contributed by atoms with van der Waals surface area (Å²) in [5, 5.41) is 1.23. The third-order valence-corrected chi connectivity index (χ3v) is 11.8. The highest BCUT2D eigenvalue weighted by molar-refractivity contribution is 7.89. The maximum atomic E-state index is 13.3. The summed E-state index contributed by atoms with van der Waals surface area (Å²) in [5.74, 6) is -0.683. The van der Waals surface area contributed by atoms with Gasteiger partial charge in [0, 0.05) is 49.6 Å². The zero-order chi connectivity index (χ0) is 35.7. The average molecular weight is 723 g/mol. The smallest absolute Gasteiger partial charge is 0.240 e. The van der Waals surface area contributed by atoms with E-state index in [1.54, 1.807) is 24.4 Å². The minimum atomic E-state index is -3.79. The monoisotopic (exact) mass is 722 g/mol. The minimum Gasteiger partial charge on any atom is -0.336 e. The van der Waals surface area contributed by atoms with Gasteiger partial charge in [-0.1, -0.05) is 38.3 Å². The molecule has 1 aliphatic rings. The Balaban J connectivity index is 1.09. The van der Waals surface area contributed by atoms with Crippen molar-refractivity contribution in [2.24, 2.45) is 0 Å². The van der Waals surface area contributed by atoms with E-state index < -0.39 is 25.9 Å². The standard InChI is InChI=1S/C37H43FN4O6S2/c1-2-3-6-19-40-49(45,46)33-17-13-29-24-34(18-14-28(29)23-33)50(47,48)41-20-7-4-5-10-36(43)42-21-8-9-35(42)30-22-31(26-39-25-30)37(44)27-11-15-32(38)16-12-27/h11-18,22-26,35,40-41H,2-10,19-21H2,1H3. The lowest BCUT2D eigenvalue weighted by Gasteiger charge is -2.25. The van der Waals surface area contributed by atoms with E-state index in [4.69, 9.17) is 0 Å². The van der Waals surface area contributed by atoms with Gasteiger partial charge in [-0.05, 0) is 103 Å². The van der Waals surface area contributed by atoms with Crippen LogP contribution in [0.1, 0.15) is 92.2 Å². The third-order valence-electron chi connectivity index (χ3n) is 8.92. The number of unbranched alkanes of at least 4 members (excludes halogenated alkanes) is 4. The highest BCUT2D eigenvalue weighted by Crippen LogP contribution is 2.33. The number of ketones is 1. The van der Waals surface area contributed by atoms with Gasteiger partial charge in [-0.25, -0.2) is 30.7 Å². The summed E-state index contributed by atoms with van der Waals surface area (Å²) in [7, 11) is -7.45. The van der Waals surface area contributed by atoms with Gasteiger partial charge in [0.25, 0.3) is 0 Å². The Hall–Kier alpha value is -4.04. The Bertz CT molecular complexity index is 2040. The van der Waals surface area contributed by atoms with Crippen molar-refractivity contribution in [1.29, 1.82) is 0 Å². The van der Waals surface area contributed by atoms with Gasteiger partial charge in [-0.3, -0.25) is 14.6 Å². The lowest BCUT2D eigenvalue weighted by Crippen LogP contribution is -2.30. The molecular weight excluding hydrogens is 680 g/mol. The number of sulfonamides is 2. The highest BCUT2D eigenvalue weighted by Gasteiger charge is 2.30. The van der Waals surface area contributed by atoms with Crippen molar-refractivity contribution in [1.82, 2.24) is 19.3 Å². The second-order valence-corrected chi connectivity index (χ2v) is 16.1. The first-order chi connectivity index (χ1) is 24.0. The van der Waals surface area contributed by atoms with Crippen molar-refractivity contribution >= 4 is 42.5 Å². The summed E-state index contributed by atoms with van der Waals surface area (Å²) in [5.41, 5.74) is 1.52. The molecule has 10 nitrogen and oxygen atoms in total. The molecule has 0 radical (unpaired) electrons. The number of amides is 1. The van der Waals surface area contributed by atoms with Crippen molar-refractivity contribution in [3.05, 3.63) is 102 Å². The Morgan fingerprint density at radius 1 is 0.780 bits per heavy atom. The number of nitrogens with zero attached hydrogens (tertiary/aromatic N) is 2. The Morgan fingerprint density at radius 3 is 2.02 bits per heavy atom. The minimum absolute atomic E-state index is 0.00254. The molecule has 2 heterocycles. The molecule has 1 aromatic heterocycles. The summed E-state index contributed by atoms with van der Waals surface area (Å²) >= 11 is 0. The second-order valence-electron chi connectivity index (χ2n) is 12.6. The van der Waals surface area contributed by atoms with Crippen LogP contribution in [0.4, 0.5) is 4.39 Å². The van der Waals surface area contributed by atoms with Gasteiger partial charge < -0.3 is 4.90 Å². The van der Waals surface area contributed by atoms with Gasteiger partial charge in [0.2, 0.25) is 26.0 Å². The molecule has 1 saturated heterocycles. The van der Waals surface area contributed by atoms with E-state index >= 15 is 0 Å². The molecule has 266 valence electrons. The van der Waals surface area contributed by atoms with Crippen LogP contribution in [-0.2, 0) is 24.8 Å². The fourth-order valence-corrected chi connectivity index (χ4v) is 8.37. The number of pyridine rings is 1. The number of aromatic nitrogens is 1. The average Bonchev–Trinajstić information content (AvgIpc) is 3.62. The summed E-state index contributed by atoms with van der Waals surface area (Å²) in [4.78, 5) is 32.4. The second kappa shape index (κ2) is 16.8. The van der Waals surface area contributed by atoms with E-state index in [1.165, 1.54) is 54.7 Å². The molecule has 50 heavy (non-hydrogen) atoms. The van der Waals surface area contributed by atoms with Gasteiger partial charge in [0.05, 0.1) is 15.8 Å². The van der Waals surface area contributed by atoms with E-state index in [-0.39, 0.29) is 34.1 Å². The first-order valence-corrected chi connectivity index (χ1v) is 20.0. The number of halogens is 1. The number of likely N-dealkylation sites (tertiary alicyclic amines) is 1. The molecule has 4 aromatic rings. The number of hydrogen-bond donors (Lipinski definition) is 2. The first-order valence-electron chi connectivity index (χ1n) is 17.1. The molecule has 13 heteroatoms. The number of benzene rings is 3. The van der Waals surface area contributed by atoms with Crippen molar-refractivity contribution in [3.63, 3.8) is 0 Å². The van der Waals surface area contributed by atoms with Crippen LogP contribution < -0.4 is 9.44 Å². The third kappa shape index (κ3) is 9.39. The molecule has 1 unspecified atom stereocenters. The molecule has 1 atom stereocenters. The molecule has 3 aromatic carbocycles. The maximum Gasteiger partial charge on any atom is 0.240 e. The van der Waals surface area contributed by atoms with Crippen molar-refractivity contribution < 1.29 is 30.8 Å². The van der Waals surface area contributed by atoms with Gasteiger partial charge in [0.15, 0.2) is 5.78 Å². The molecule has 0 spiro atoms. The molecular formula is C37H43FN4O6S2. The fraction of sp³-hybridized carbons (Fsp3) is 0.378.